The van der Waals surface area contributed by atoms with E-state index in [4.69, 9.17) is 11.5 Å². The molecule has 3 amide bonds. The Kier molecular flexibility index (Phi) is 11.2. The fraction of sp³-hybridized carbons (Fsp3) is 0.379. The highest BCUT2D eigenvalue weighted by molar-refractivity contribution is 5.95. The molecule has 4 atom stereocenters. The second-order valence-corrected chi connectivity index (χ2v) is 9.84. The molecule has 11 nitrogen and oxygen atoms in total. The zero-order chi connectivity index (χ0) is 29.1. The van der Waals surface area contributed by atoms with E-state index in [0.29, 0.717) is 19.4 Å². The lowest BCUT2D eigenvalue weighted by Crippen LogP contribution is -2.57. The van der Waals surface area contributed by atoms with Crippen LogP contribution in [0.5, 0.6) is 0 Å². The Bertz CT molecular complexity index is 1290. The van der Waals surface area contributed by atoms with Crippen molar-refractivity contribution >= 4 is 34.6 Å². The van der Waals surface area contributed by atoms with E-state index in [1.54, 1.807) is 6.20 Å². The molecular formula is C29H38N6O5. The molecule has 0 saturated heterocycles. The van der Waals surface area contributed by atoms with Crippen molar-refractivity contribution in [3.8, 4) is 0 Å². The summed E-state index contributed by atoms with van der Waals surface area (Å²) in [5.74, 6) is -2.93. The number of rotatable bonds is 15. The minimum absolute atomic E-state index is 0.0958. The van der Waals surface area contributed by atoms with Gasteiger partial charge in [0.1, 0.15) is 18.1 Å². The molecule has 0 aliphatic rings. The van der Waals surface area contributed by atoms with Gasteiger partial charge in [-0.05, 0) is 43.5 Å². The third-order valence-corrected chi connectivity index (χ3v) is 6.68. The lowest BCUT2D eigenvalue weighted by Gasteiger charge is -2.25. The molecule has 9 N–H and O–H groups in total. The summed E-state index contributed by atoms with van der Waals surface area (Å²) >= 11 is 0. The number of aromatic amines is 1. The lowest BCUT2D eigenvalue weighted by atomic mass is 10.0. The number of fused-ring (bicyclic) bond motifs is 1. The summed E-state index contributed by atoms with van der Waals surface area (Å²) in [6, 6.07) is 12.6. The average molecular weight is 551 g/mol. The molecule has 1 aromatic heterocycles. The van der Waals surface area contributed by atoms with Crippen molar-refractivity contribution in [1.82, 2.24) is 20.9 Å². The van der Waals surface area contributed by atoms with E-state index in [-0.39, 0.29) is 12.8 Å². The third-order valence-electron chi connectivity index (χ3n) is 6.68. The van der Waals surface area contributed by atoms with Gasteiger partial charge in [-0.3, -0.25) is 19.2 Å². The van der Waals surface area contributed by atoms with E-state index in [1.165, 1.54) is 6.92 Å². The first kappa shape index (κ1) is 30.3. The van der Waals surface area contributed by atoms with Crippen molar-refractivity contribution in [2.24, 2.45) is 11.5 Å². The molecule has 214 valence electrons. The van der Waals surface area contributed by atoms with Crippen LogP contribution in [0.1, 0.15) is 37.3 Å². The van der Waals surface area contributed by atoms with E-state index in [1.807, 2.05) is 54.6 Å². The van der Waals surface area contributed by atoms with Gasteiger partial charge in [0.15, 0.2) is 0 Å². The van der Waals surface area contributed by atoms with E-state index in [9.17, 15) is 24.3 Å². The van der Waals surface area contributed by atoms with Gasteiger partial charge in [0.2, 0.25) is 17.7 Å². The second kappa shape index (κ2) is 14.8. The van der Waals surface area contributed by atoms with E-state index < -0.39 is 47.9 Å². The van der Waals surface area contributed by atoms with Crippen molar-refractivity contribution in [1.29, 1.82) is 0 Å². The molecule has 1 heterocycles. The number of hydrogen-bond donors (Lipinski definition) is 7. The molecule has 0 spiro atoms. The monoisotopic (exact) mass is 550 g/mol. The minimum Gasteiger partial charge on any atom is -0.480 e. The van der Waals surface area contributed by atoms with E-state index in [0.717, 1.165) is 28.5 Å². The van der Waals surface area contributed by atoms with Crippen LogP contribution in [-0.2, 0) is 32.0 Å². The van der Waals surface area contributed by atoms with Gasteiger partial charge in [-0.15, -0.1) is 0 Å². The van der Waals surface area contributed by atoms with Crippen molar-refractivity contribution in [3.05, 3.63) is 71.9 Å². The van der Waals surface area contributed by atoms with Gasteiger partial charge in [-0.25, -0.2) is 0 Å². The van der Waals surface area contributed by atoms with Crippen LogP contribution in [0.3, 0.4) is 0 Å². The number of aliphatic carboxylic acids is 1. The Morgan fingerprint density at radius 3 is 2.17 bits per heavy atom. The first-order valence-electron chi connectivity index (χ1n) is 13.4. The Balaban J connectivity index is 1.83. The topological polar surface area (TPSA) is 192 Å². The third kappa shape index (κ3) is 8.65. The number of H-pyrrole nitrogens is 1. The molecule has 40 heavy (non-hydrogen) atoms. The molecule has 0 bridgehead atoms. The Morgan fingerprint density at radius 1 is 0.850 bits per heavy atom. The number of amides is 3. The highest BCUT2D eigenvalue weighted by Gasteiger charge is 2.30. The van der Waals surface area contributed by atoms with E-state index in [2.05, 4.69) is 20.9 Å². The van der Waals surface area contributed by atoms with E-state index >= 15 is 0 Å². The van der Waals surface area contributed by atoms with Crippen LogP contribution < -0.4 is 27.4 Å². The number of nitrogens with one attached hydrogen (secondary N) is 4. The Labute approximate surface area is 233 Å². The fourth-order valence-electron chi connectivity index (χ4n) is 4.36. The first-order valence-corrected chi connectivity index (χ1v) is 13.4. The Hall–Kier alpha value is -4.22. The van der Waals surface area contributed by atoms with Gasteiger partial charge in [-0.2, -0.15) is 0 Å². The second-order valence-electron chi connectivity index (χ2n) is 9.84. The number of unbranched alkanes of at least 4 members (excludes halogenated alkanes) is 1. The summed E-state index contributed by atoms with van der Waals surface area (Å²) in [4.78, 5) is 54.2. The van der Waals surface area contributed by atoms with Crippen molar-refractivity contribution in [3.63, 3.8) is 0 Å². The summed E-state index contributed by atoms with van der Waals surface area (Å²) in [5.41, 5.74) is 14.0. The quantitative estimate of drug-likeness (QED) is 0.137. The molecule has 3 aromatic rings. The van der Waals surface area contributed by atoms with Gasteiger partial charge in [0, 0.05) is 29.9 Å². The van der Waals surface area contributed by atoms with Crippen LogP contribution in [0.25, 0.3) is 10.9 Å². The molecule has 0 aliphatic heterocycles. The smallest absolute Gasteiger partial charge is 0.325 e. The zero-order valence-electron chi connectivity index (χ0n) is 22.6. The number of hydrogen-bond acceptors (Lipinski definition) is 6. The summed E-state index contributed by atoms with van der Waals surface area (Å²) in [5, 5.41) is 18.1. The molecule has 0 fully saturated rings. The number of benzene rings is 2. The fourth-order valence-corrected chi connectivity index (χ4v) is 4.36. The number of carbonyl (C=O) groups excluding carboxylic acids is 3. The van der Waals surface area contributed by atoms with Gasteiger partial charge in [-0.1, -0.05) is 55.0 Å². The molecular weight excluding hydrogens is 512 g/mol. The predicted octanol–water partition coefficient (Wildman–Crippen LogP) is 0.968. The molecule has 0 aliphatic carbocycles. The predicted molar refractivity (Wildman–Crippen MR) is 152 cm³/mol. The number of carbonyl (C=O) groups is 4. The van der Waals surface area contributed by atoms with Gasteiger partial charge < -0.3 is 37.5 Å². The van der Waals surface area contributed by atoms with Gasteiger partial charge in [0.05, 0.1) is 6.04 Å². The maximum absolute atomic E-state index is 13.6. The minimum atomic E-state index is -1.21. The van der Waals surface area contributed by atoms with Crippen LogP contribution in [0.4, 0.5) is 0 Å². The van der Waals surface area contributed by atoms with Crippen molar-refractivity contribution < 1.29 is 24.3 Å². The van der Waals surface area contributed by atoms with Crippen LogP contribution in [0.15, 0.2) is 60.8 Å². The van der Waals surface area contributed by atoms with Crippen LogP contribution >= 0.6 is 0 Å². The van der Waals surface area contributed by atoms with Crippen LogP contribution in [-0.4, -0.2) is 64.5 Å². The summed E-state index contributed by atoms with van der Waals surface area (Å²) in [6.07, 6.45) is 3.84. The summed E-state index contributed by atoms with van der Waals surface area (Å²) in [6.45, 7) is 1.84. The molecule has 0 saturated carbocycles. The number of carboxylic acids is 1. The van der Waals surface area contributed by atoms with Crippen LogP contribution in [0.2, 0.25) is 0 Å². The molecule has 0 radical (unpaired) electrons. The summed E-state index contributed by atoms with van der Waals surface area (Å²) < 4.78 is 0. The SMILES string of the molecule is CC(NC(=O)C(Cc1c[nH]c2ccccc12)NC(=O)C(Cc1ccccc1)NC(=O)C(N)CCCCN)C(=O)O. The molecule has 4 unspecified atom stereocenters. The highest BCUT2D eigenvalue weighted by atomic mass is 16.4. The molecule has 2 aromatic carbocycles. The normalized spacial score (nSPS) is 14.1. The maximum atomic E-state index is 13.6. The number of para-hydroxylation sites is 1. The van der Waals surface area contributed by atoms with Gasteiger partial charge >= 0.3 is 5.97 Å². The van der Waals surface area contributed by atoms with Crippen LogP contribution in [0, 0.1) is 0 Å². The van der Waals surface area contributed by atoms with Crippen molar-refractivity contribution in [2.75, 3.05) is 6.54 Å². The van der Waals surface area contributed by atoms with Crippen molar-refractivity contribution in [2.45, 2.75) is 63.2 Å². The molecule has 11 heteroatoms. The molecule has 3 rings (SSSR count). The lowest BCUT2D eigenvalue weighted by molar-refractivity contribution is -0.141. The summed E-state index contributed by atoms with van der Waals surface area (Å²) in [7, 11) is 0. The number of aromatic nitrogens is 1. The number of carboxylic acid groups (broad SMARTS) is 1. The number of nitrogens with two attached hydrogens (primary N) is 2. The van der Waals surface area contributed by atoms with Gasteiger partial charge in [0.25, 0.3) is 0 Å². The largest absolute Gasteiger partial charge is 0.480 e. The average Bonchev–Trinajstić information content (AvgIpc) is 3.35. The first-order chi connectivity index (χ1) is 19.2. The Morgan fingerprint density at radius 2 is 1.48 bits per heavy atom. The zero-order valence-corrected chi connectivity index (χ0v) is 22.6. The standard InChI is InChI=1S/C29H38N6O5/c1-18(29(39)40)33-27(37)25(16-20-17-32-23-13-6-5-11-21(20)23)35-28(38)24(15-19-9-3-2-4-10-19)34-26(36)22(31)12-7-8-14-30/h2-6,9-11,13,17-18,22,24-25,32H,7-8,12,14-16,30-31H2,1H3,(H,33,37)(H,34,36)(H,35,38)(H,39,40). The highest BCUT2D eigenvalue weighted by Crippen LogP contribution is 2.19. The maximum Gasteiger partial charge on any atom is 0.325 e.